The quantitative estimate of drug-likeness (QED) is 0.839. The Labute approximate surface area is 143 Å². The lowest BCUT2D eigenvalue weighted by atomic mass is 9.72. The fourth-order valence-electron chi connectivity index (χ4n) is 4.17. The molecule has 1 N–H and O–H groups in total. The average Bonchev–Trinajstić information content (AvgIpc) is 2.63. The van der Waals surface area contributed by atoms with E-state index in [2.05, 4.69) is 53.4 Å². The molecule has 0 amide bonds. The van der Waals surface area contributed by atoms with Crippen LogP contribution in [0.5, 0.6) is 0 Å². The zero-order chi connectivity index (χ0) is 15.9. The predicted molar refractivity (Wildman–Crippen MR) is 97.7 cm³/mol. The van der Waals surface area contributed by atoms with Gasteiger partial charge in [0.05, 0.1) is 10.9 Å². The minimum atomic E-state index is -0.701. The van der Waals surface area contributed by atoms with E-state index < -0.39 is 5.60 Å². The summed E-state index contributed by atoms with van der Waals surface area (Å²) >= 11 is 4.83. The summed E-state index contributed by atoms with van der Waals surface area (Å²) in [5, 5.41) is 11.1. The smallest absolute Gasteiger partial charge is 0.0958 e. The lowest BCUT2D eigenvalue weighted by Gasteiger charge is -2.52. The van der Waals surface area contributed by atoms with Crippen LogP contribution in [0.2, 0.25) is 0 Å². The van der Waals surface area contributed by atoms with Gasteiger partial charge in [-0.15, -0.1) is 0 Å². The van der Waals surface area contributed by atoms with E-state index in [-0.39, 0.29) is 5.25 Å². The topological polar surface area (TPSA) is 23.5 Å². The van der Waals surface area contributed by atoms with Gasteiger partial charge in [-0.1, -0.05) is 54.6 Å². The second-order valence-electron chi connectivity index (χ2n) is 6.93. The van der Waals surface area contributed by atoms with Crippen molar-refractivity contribution in [3.8, 4) is 11.1 Å². The molecule has 3 heteroatoms. The summed E-state index contributed by atoms with van der Waals surface area (Å²) in [5.74, 6) is 0.379. The van der Waals surface area contributed by atoms with Gasteiger partial charge in [0.2, 0.25) is 0 Å². The van der Waals surface area contributed by atoms with Crippen LogP contribution in [0.15, 0.2) is 54.6 Å². The maximum Gasteiger partial charge on any atom is 0.0958 e. The van der Waals surface area contributed by atoms with Crippen molar-refractivity contribution in [2.75, 3.05) is 19.6 Å². The zero-order valence-electron chi connectivity index (χ0n) is 13.2. The summed E-state index contributed by atoms with van der Waals surface area (Å²) in [6.45, 7) is 3.01. The van der Waals surface area contributed by atoms with Crippen molar-refractivity contribution in [2.24, 2.45) is 5.92 Å². The number of hydrogen-bond acceptors (Lipinski definition) is 3. The van der Waals surface area contributed by atoms with Crippen LogP contribution in [0.25, 0.3) is 11.1 Å². The molecule has 2 atom stereocenters. The molecular weight excluding hydrogens is 302 g/mol. The Kier molecular flexibility index (Phi) is 3.96. The van der Waals surface area contributed by atoms with Crippen molar-refractivity contribution < 1.29 is 5.11 Å². The molecule has 0 radical (unpaired) electrons. The SMILES string of the molecule is OC1(C(S)c2ccc(-c3ccccc3)cc2)CN2CCC1CC2. The molecule has 5 rings (SSSR count). The van der Waals surface area contributed by atoms with E-state index in [0.717, 1.165) is 38.0 Å². The number of piperidine rings is 3. The third-order valence-corrected chi connectivity index (χ3v) is 6.32. The van der Waals surface area contributed by atoms with Gasteiger partial charge in [0.15, 0.2) is 0 Å². The summed E-state index contributed by atoms with van der Waals surface area (Å²) in [6, 6.07) is 18.9. The van der Waals surface area contributed by atoms with Crippen LogP contribution >= 0.6 is 12.6 Å². The van der Waals surface area contributed by atoms with E-state index >= 15 is 0 Å². The Morgan fingerprint density at radius 1 is 0.957 bits per heavy atom. The first-order valence-electron chi connectivity index (χ1n) is 8.45. The maximum atomic E-state index is 11.3. The van der Waals surface area contributed by atoms with Crippen LogP contribution in [-0.2, 0) is 0 Å². The molecule has 3 saturated heterocycles. The normalized spacial score (nSPS) is 31.0. The van der Waals surface area contributed by atoms with Crippen molar-refractivity contribution in [3.63, 3.8) is 0 Å². The van der Waals surface area contributed by atoms with Gasteiger partial charge >= 0.3 is 0 Å². The van der Waals surface area contributed by atoms with E-state index in [1.54, 1.807) is 0 Å². The molecule has 3 aliphatic rings. The average molecular weight is 325 g/mol. The first-order chi connectivity index (χ1) is 11.2. The van der Waals surface area contributed by atoms with Gasteiger partial charge in [-0.2, -0.15) is 12.6 Å². The Hall–Kier alpha value is -1.29. The van der Waals surface area contributed by atoms with Crippen LogP contribution in [0.3, 0.4) is 0 Å². The fourth-order valence-corrected chi connectivity index (χ4v) is 4.63. The molecule has 2 nitrogen and oxygen atoms in total. The summed E-state index contributed by atoms with van der Waals surface area (Å²) < 4.78 is 0. The first kappa shape index (κ1) is 15.3. The van der Waals surface area contributed by atoms with Gasteiger partial charge in [0.25, 0.3) is 0 Å². The number of benzene rings is 2. The summed E-state index contributed by atoms with van der Waals surface area (Å²) in [4.78, 5) is 2.38. The number of rotatable bonds is 3. The number of aliphatic hydroxyl groups is 1. The van der Waals surface area contributed by atoms with E-state index in [4.69, 9.17) is 12.6 Å². The van der Waals surface area contributed by atoms with Crippen LogP contribution in [0.4, 0.5) is 0 Å². The maximum absolute atomic E-state index is 11.3. The molecule has 0 spiro atoms. The van der Waals surface area contributed by atoms with Gasteiger partial charge in [-0.3, -0.25) is 0 Å². The highest BCUT2D eigenvalue weighted by molar-refractivity contribution is 7.80. The molecule has 2 aromatic carbocycles. The van der Waals surface area contributed by atoms with E-state index in [0.29, 0.717) is 5.92 Å². The molecule has 3 heterocycles. The Morgan fingerprint density at radius 3 is 2.13 bits per heavy atom. The Balaban J connectivity index is 1.58. The molecule has 3 aliphatic heterocycles. The van der Waals surface area contributed by atoms with Gasteiger partial charge < -0.3 is 10.0 Å². The number of hydrogen-bond donors (Lipinski definition) is 2. The minimum Gasteiger partial charge on any atom is -0.387 e. The highest BCUT2D eigenvalue weighted by Crippen LogP contribution is 2.46. The van der Waals surface area contributed by atoms with E-state index in [1.165, 1.54) is 11.1 Å². The number of nitrogens with zero attached hydrogens (tertiary/aromatic N) is 1. The molecule has 2 bridgehead atoms. The fraction of sp³-hybridized carbons (Fsp3) is 0.400. The predicted octanol–water partition coefficient (Wildman–Crippen LogP) is 3.78. The molecule has 120 valence electrons. The van der Waals surface area contributed by atoms with E-state index in [1.807, 2.05) is 6.07 Å². The molecule has 3 fully saturated rings. The lowest BCUT2D eigenvalue weighted by Crippen LogP contribution is -2.60. The van der Waals surface area contributed by atoms with Gasteiger partial charge in [-0.05, 0) is 48.5 Å². The monoisotopic (exact) mass is 325 g/mol. The van der Waals surface area contributed by atoms with Crippen LogP contribution in [0, 0.1) is 5.92 Å². The summed E-state index contributed by atoms with van der Waals surface area (Å²) in [6.07, 6.45) is 2.19. The highest BCUT2D eigenvalue weighted by Gasteiger charge is 2.49. The van der Waals surface area contributed by atoms with Crippen molar-refractivity contribution in [3.05, 3.63) is 60.2 Å². The molecule has 2 aromatic rings. The molecule has 0 saturated carbocycles. The van der Waals surface area contributed by atoms with Gasteiger partial charge in [0, 0.05) is 6.54 Å². The van der Waals surface area contributed by atoms with Crippen molar-refractivity contribution >= 4 is 12.6 Å². The number of fused-ring (bicyclic) bond motifs is 3. The summed E-state index contributed by atoms with van der Waals surface area (Å²) in [7, 11) is 0. The summed E-state index contributed by atoms with van der Waals surface area (Å²) in [5.41, 5.74) is 2.84. The molecule has 0 aromatic heterocycles. The minimum absolute atomic E-state index is 0.125. The van der Waals surface area contributed by atoms with Crippen LogP contribution in [-0.4, -0.2) is 35.2 Å². The molecule has 0 aliphatic carbocycles. The third-order valence-electron chi connectivity index (χ3n) is 5.58. The third kappa shape index (κ3) is 2.71. The van der Waals surface area contributed by atoms with Crippen molar-refractivity contribution in [1.29, 1.82) is 0 Å². The van der Waals surface area contributed by atoms with Crippen molar-refractivity contribution in [2.45, 2.75) is 23.7 Å². The zero-order valence-corrected chi connectivity index (χ0v) is 14.1. The van der Waals surface area contributed by atoms with Crippen LogP contribution in [0.1, 0.15) is 23.7 Å². The van der Waals surface area contributed by atoms with Gasteiger partial charge in [0.1, 0.15) is 0 Å². The molecular formula is C20H23NOS. The highest BCUT2D eigenvalue weighted by atomic mass is 32.1. The Bertz CT molecular complexity index is 664. The second kappa shape index (κ2) is 5.97. The van der Waals surface area contributed by atoms with Crippen molar-refractivity contribution in [1.82, 2.24) is 4.90 Å². The lowest BCUT2D eigenvalue weighted by molar-refractivity contribution is -0.112. The standard InChI is InChI=1S/C20H23NOS/c22-20(14-21-12-10-18(20)11-13-21)19(23)17-8-6-16(7-9-17)15-4-2-1-3-5-15/h1-9,18-19,22-23H,10-14H2. The largest absolute Gasteiger partial charge is 0.387 e. The Morgan fingerprint density at radius 2 is 1.57 bits per heavy atom. The molecule has 23 heavy (non-hydrogen) atoms. The van der Waals surface area contributed by atoms with E-state index in [9.17, 15) is 5.11 Å². The van der Waals surface area contributed by atoms with Gasteiger partial charge in [-0.25, -0.2) is 0 Å². The van der Waals surface area contributed by atoms with Crippen LogP contribution < -0.4 is 0 Å². The first-order valence-corrected chi connectivity index (χ1v) is 8.97. The second-order valence-corrected chi connectivity index (χ2v) is 7.45. The molecule has 2 unspecified atom stereocenters. The number of thiol groups is 1.